The van der Waals surface area contributed by atoms with Crippen LogP contribution in [0.25, 0.3) is 0 Å². The molecule has 3 unspecified atom stereocenters. The lowest BCUT2D eigenvalue weighted by atomic mass is 10.0. The Labute approximate surface area is 533 Å². The van der Waals surface area contributed by atoms with Crippen molar-refractivity contribution < 1.29 is 19.2 Å². The third kappa shape index (κ3) is 11.9. The van der Waals surface area contributed by atoms with Crippen LogP contribution in [0.4, 0.5) is 52.0 Å². The van der Waals surface area contributed by atoms with Crippen molar-refractivity contribution in [1.29, 1.82) is 0 Å². The smallest absolute Gasteiger partial charge is 0.277 e. The summed E-state index contributed by atoms with van der Waals surface area (Å²) in [5.74, 6) is 0.265. The van der Waals surface area contributed by atoms with Crippen molar-refractivity contribution in [3.8, 4) is 0 Å². The van der Waals surface area contributed by atoms with Crippen molar-refractivity contribution >= 4 is 145 Å². The van der Waals surface area contributed by atoms with E-state index in [1.807, 2.05) is 0 Å². The Kier molecular flexibility index (Phi) is 16.3. The van der Waals surface area contributed by atoms with Gasteiger partial charge < -0.3 is 48.7 Å². The first kappa shape index (κ1) is 61.0. The van der Waals surface area contributed by atoms with Gasteiger partial charge in [-0.05, 0) is 105 Å². The summed E-state index contributed by atoms with van der Waals surface area (Å²) in [6.07, 6.45) is 5.55. The summed E-state index contributed by atoms with van der Waals surface area (Å²) in [4.78, 5) is 114. The van der Waals surface area contributed by atoms with E-state index in [2.05, 4.69) is 67.1 Å². The molecule has 3 aliphatic heterocycles. The van der Waals surface area contributed by atoms with Gasteiger partial charge in [0, 0.05) is 39.2 Å². The number of carbonyl (C=O) groups is 4. The highest BCUT2D eigenvalue weighted by atomic mass is 35.5. The number of carbonyl (C=O) groups excluding carboxylic acids is 4. The zero-order valence-corrected chi connectivity index (χ0v) is 51.0. The van der Waals surface area contributed by atoms with Crippen molar-refractivity contribution in [2.75, 3.05) is 32.7 Å². The first-order valence-corrected chi connectivity index (χ1v) is 28.8. The number of nitrogens with two attached hydrogens (primary N) is 2. The predicted octanol–water partition coefficient (Wildman–Crippen LogP) is 8.97. The Morgan fingerprint density at radius 3 is 1.09 bits per heavy atom. The molecule has 1 saturated carbocycles. The number of hydrogen-bond acceptors (Lipinski definition) is 18. The highest BCUT2D eigenvalue weighted by molar-refractivity contribution is 6.35. The molecule has 1 fully saturated rings. The highest BCUT2D eigenvalue weighted by Crippen LogP contribution is 2.38. The molecule has 4 aliphatic rings. The highest BCUT2D eigenvalue weighted by Gasteiger charge is 2.46. The van der Waals surface area contributed by atoms with E-state index >= 15 is 0 Å². The molecule has 0 saturated heterocycles. The number of pyridine rings is 3. The van der Waals surface area contributed by atoms with Gasteiger partial charge >= 0.3 is 0 Å². The molecule has 0 bridgehead atoms. The maximum absolute atomic E-state index is 13.5. The number of benzene rings is 3. The van der Waals surface area contributed by atoms with Gasteiger partial charge in [0.1, 0.15) is 105 Å². The van der Waals surface area contributed by atoms with Gasteiger partial charge in [0.2, 0.25) is 5.91 Å². The second kappa shape index (κ2) is 23.8. The number of fused-ring (bicyclic) bond motifs is 3. The molecule has 13 rings (SSSR count). The van der Waals surface area contributed by atoms with Gasteiger partial charge in [-0.25, -0.2) is 29.9 Å². The van der Waals surface area contributed by atoms with Crippen LogP contribution in [0.2, 0.25) is 30.1 Å². The Bertz CT molecular complexity index is 4460. The summed E-state index contributed by atoms with van der Waals surface area (Å²) in [5.41, 5.74) is 8.81. The number of amides is 4. The lowest BCUT2D eigenvalue weighted by Crippen LogP contribution is -2.46. The molecule has 0 spiro atoms. The fourth-order valence-electron chi connectivity index (χ4n) is 10.3. The van der Waals surface area contributed by atoms with E-state index in [0.29, 0.717) is 49.2 Å². The van der Waals surface area contributed by atoms with Gasteiger partial charge in [-0.1, -0.05) is 106 Å². The molecule has 452 valence electrons. The van der Waals surface area contributed by atoms with Crippen molar-refractivity contribution in [3.63, 3.8) is 0 Å². The number of halogens is 6. The minimum absolute atomic E-state index is 0.0192. The van der Waals surface area contributed by atoms with Gasteiger partial charge in [0.15, 0.2) is 0 Å². The Morgan fingerprint density at radius 2 is 0.775 bits per heavy atom. The number of hydrogen-bond donors (Lipinski definition) is 9. The summed E-state index contributed by atoms with van der Waals surface area (Å²) in [5, 5.41) is 21.7. The van der Waals surface area contributed by atoms with E-state index in [1.165, 1.54) is 69.1 Å². The van der Waals surface area contributed by atoms with Crippen LogP contribution in [0, 0.1) is 5.92 Å². The van der Waals surface area contributed by atoms with Crippen molar-refractivity contribution in [2.24, 2.45) is 5.92 Å². The Hall–Kier alpha value is -9.63. The molecule has 11 N–H and O–H groups in total. The van der Waals surface area contributed by atoms with Gasteiger partial charge in [-0.15, -0.1) is 0 Å². The average molecular weight is 1320 g/mol. The normalized spacial score (nSPS) is 18.3. The molecule has 9 heterocycles. The first-order chi connectivity index (χ1) is 42.3. The number of nitrogens with zero attached hydrogens (tertiary/aromatic N) is 9. The Balaban J connectivity index is 0.000000138. The van der Waals surface area contributed by atoms with Crippen LogP contribution in [-0.2, 0) is 21.8 Å². The molecule has 3 aromatic carbocycles. The summed E-state index contributed by atoms with van der Waals surface area (Å²) in [6.45, 7) is 5.11. The molecule has 6 aromatic heterocycles. The topological polar surface area (TPSA) is 348 Å². The van der Waals surface area contributed by atoms with Crippen LogP contribution in [0.3, 0.4) is 0 Å². The molecule has 89 heavy (non-hydrogen) atoms. The molecule has 9 aromatic rings. The second-order valence-electron chi connectivity index (χ2n) is 20.9. The number of anilines is 9. The fourth-order valence-corrected chi connectivity index (χ4v) is 11.7. The molecule has 0 radical (unpaired) electrons. The fraction of sp³-hybridized carbons (Fsp3) is 0.155. The maximum Gasteiger partial charge on any atom is 0.277 e. The van der Waals surface area contributed by atoms with Gasteiger partial charge in [-0.3, -0.25) is 47.3 Å². The SMILES string of the molecule is CC1(c2cccc(Cl)c2)NC(=O)c2c(Cl)cc(Nc3cc(N)ncn3)c(=O)n21.CC1(c2cccc(Cl)c2)NC(=O)c2c(Cl)cc(Nc3cc(N)ncn3)c(=O)n21.CC1(c2cccc(Cl)c2)NC(=O)c2c(Cl)cc(Nc3cc(NC(=O)C4CC4)ncn3)c(=O)n21. The standard InChI is InChI=1S/C22H18Cl2N6O3.2C18H14Cl2N6O2/c1-22(12-3-2-4-13(23)7-12)29-20(32)18-14(24)8-15(21(33)30(18)22)27-16-9-17(26-10-25-16)28-19(31)11-5-6-11;2*1-18(9-3-2-4-10(19)5-9)25-16(27)15-11(20)6-12(17(28)26(15)18)24-14-7-13(21)22-8-23-14/h2-4,7-11H,5-6H2,1H3,(H,29,32)(H2,25,26,27,28,31);2*2-8H,1H3,(H,25,27)(H3,21,22,23,24). The van der Waals surface area contributed by atoms with E-state index in [9.17, 15) is 33.6 Å². The summed E-state index contributed by atoms with van der Waals surface area (Å²) < 4.78 is 3.94. The third-order valence-electron chi connectivity index (χ3n) is 14.7. The number of aromatic nitrogens is 9. The summed E-state index contributed by atoms with van der Waals surface area (Å²) >= 11 is 37.5. The summed E-state index contributed by atoms with van der Waals surface area (Å²) in [7, 11) is 0. The zero-order valence-electron chi connectivity index (χ0n) is 46.4. The molecule has 4 amide bonds. The molecule has 3 atom stereocenters. The van der Waals surface area contributed by atoms with Gasteiger partial charge in [0.25, 0.3) is 34.4 Å². The van der Waals surface area contributed by atoms with Crippen LogP contribution in [0.1, 0.15) is 81.8 Å². The first-order valence-electron chi connectivity index (χ1n) is 26.6. The molecular weight excluding hydrogens is 1270 g/mol. The average Bonchev–Trinajstić information content (AvgIpc) is 1.62. The van der Waals surface area contributed by atoms with Crippen LogP contribution >= 0.6 is 69.6 Å². The minimum atomic E-state index is -1.20. The number of nitrogen functional groups attached to an aromatic ring is 2. The van der Waals surface area contributed by atoms with Gasteiger partial charge in [-0.2, -0.15) is 0 Å². The lowest BCUT2D eigenvalue weighted by Gasteiger charge is -2.28. The maximum atomic E-state index is 13.5. The van der Waals surface area contributed by atoms with Gasteiger partial charge in [0.05, 0.1) is 15.1 Å². The van der Waals surface area contributed by atoms with Crippen LogP contribution in [0.15, 0.2) is 143 Å². The minimum Gasteiger partial charge on any atom is -0.384 e. The molecular formula is C58H46Cl6N18O7. The van der Waals surface area contributed by atoms with Crippen LogP contribution in [-0.4, -0.2) is 67.2 Å². The third-order valence-corrected chi connectivity index (χ3v) is 16.3. The van der Waals surface area contributed by atoms with E-state index in [-0.39, 0.29) is 78.5 Å². The van der Waals surface area contributed by atoms with Crippen molar-refractivity contribution in [1.82, 2.24) is 59.6 Å². The molecule has 25 nitrogen and oxygen atoms in total. The second-order valence-corrected chi connectivity index (χ2v) is 23.4. The van der Waals surface area contributed by atoms with Crippen LogP contribution < -0.4 is 65.4 Å². The van der Waals surface area contributed by atoms with E-state index in [1.54, 1.807) is 93.6 Å². The van der Waals surface area contributed by atoms with E-state index in [4.69, 9.17) is 81.1 Å². The zero-order chi connectivity index (χ0) is 63.4. The monoisotopic (exact) mass is 1320 g/mol. The van der Waals surface area contributed by atoms with Crippen molar-refractivity contribution in [3.05, 3.63) is 223 Å². The predicted molar refractivity (Wildman–Crippen MR) is 338 cm³/mol. The van der Waals surface area contributed by atoms with E-state index < -0.39 is 51.4 Å². The number of nitrogens with one attached hydrogen (secondary N) is 7. The lowest BCUT2D eigenvalue weighted by molar-refractivity contribution is -0.117. The molecule has 31 heteroatoms. The number of rotatable bonds is 11. The van der Waals surface area contributed by atoms with Crippen LogP contribution in [0.5, 0.6) is 0 Å². The quantitative estimate of drug-likeness (QED) is 0.0583. The van der Waals surface area contributed by atoms with E-state index in [0.717, 1.165) is 12.8 Å². The Morgan fingerprint density at radius 1 is 0.461 bits per heavy atom. The molecule has 1 aliphatic carbocycles. The largest absolute Gasteiger partial charge is 0.384 e. The summed E-state index contributed by atoms with van der Waals surface area (Å²) in [6, 6.07) is 29.3. The van der Waals surface area contributed by atoms with Crippen molar-refractivity contribution in [2.45, 2.75) is 50.6 Å².